The Morgan fingerprint density at radius 3 is 2.29 bits per heavy atom. The van der Waals surface area contributed by atoms with Gasteiger partial charge in [0, 0.05) is 28.9 Å². The van der Waals surface area contributed by atoms with Crippen molar-refractivity contribution in [2.45, 2.75) is 4.90 Å². The predicted octanol–water partition coefficient (Wildman–Crippen LogP) is 5.56. The van der Waals surface area contributed by atoms with Crippen molar-refractivity contribution in [1.29, 1.82) is 0 Å². The first kappa shape index (κ1) is 22.6. The fourth-order valence-electron chi connectivity index (χ4n) is 3.22. The van der Waals surface area contributed by atoms with Gasteiger partial charge in [0.25, 0.3) is 15.8 Å². The lowest BCUT2D eigenvalue weighted by Gasteiger charge is -2.11. The molecule has 0 radical (unpaired) electrons. The van der Waals surface area contributed by atoms with Crippen LogP contribution >= 0.6 is 0 Å². The van der Waals surface area contributed by atoms with Gasteiger partial charge in [-0.1, -0.05) is 18.2 Å². The van der Waals surface area contributed by atoms with E-state index in [0.29, 0.717) is 5.69 Å². The van der Waals surface area contributed by atoms with E-state index in [1.165, 1.54) is 6.07 Å². The maximum Gasteiger partial charge on any atom is 0.296 e. The highest BCUT2D eigenvalue weighted by atomic mass is 32.2. The highest BCUT2D eigenvalue weighted by Gasteiger charge is 2.22. The fraction of sp³-hybridized carbons (Fsp3) is 0. The van der Waals surface area contributed by atoms with E-state index in [4.69, 9.17) is 0 Å². The Morgan fingerprint density at radius 2 is 1.62 bits per heavy atom. The minimum absolute atomic E-state index is 0.211. The molecule has 0 unspecified atom stereocenters. The second kappa shape index (κ2) is 8.77. The first-order valence-electron chi connectivity index (χ1n) is 9.62. The number of nitro groups is 1. The van der Waals surface area contributed by atoms with Crippen LogP contribution in [0.4, 0.5) is 28.4 Å². The molecular weight excluding hydrogens is 464 g/mol. The summed E-state index contributed by atoms with van der Waals surface area (Å²) in [5.74, 6) is -1.05. The van der Waals surface area contributed by atoms with Crippen molar-refractivity contribution < 1.29 is 28.1 Å². The van der Waals surface area contributed by atoms with E-state index in [-0.39, 0.29) is 22.1 Å². The number of para-hydroxylation sites is 1. The van der Waals surface area contributed by atoms with Gasteiger partial charge < -0.3 is 15.5 Å². The molecule has 172 valence electrons. The summed E-state index contributed by atoms with van der Waals surface area (Å²) in [4.78, 5) is 9.52. The first-order valence-corrected chi connectivity index (χ1v) is 11.1. The van der Waals surface area contributed by atoms with E-state index in [1.807, 2.05) is 30.3 Å². The third-order valence-electron chi connectivity index (χ3n) is 4.82. The van der Waals surface area contributed by atoms with Crippen molar-refractivity contribution in [2.24, 2.45) is 10.2 Å². The standard InChI is InChI=1S/C22H16N4O7S/c27-19-9-7-16(26(29)30)12-18(19)24-25-21-20(34(31,32)33)11-13-10-15(6-8-17(13)22(21)28)23-14-4-2-1-3-5-14/h1-12,23,27-28H,(H,31,32,33). The van der Waals surface area contributed by atoms with Crippen LogP contribution < -0.4 is 5.32 Å². The minimum Gasteiger partial charge on any atom is -0.506 e. The van der Waals surface area contributed by atoms with Gasteiger partial charge in [0.15, 0.2) is 5.75 Å². The average molecular weight is 480 g/mol. The lowest BCUT2D eigenvalue weighted by Crippen LogP contribution is -1.99. The van der Waals surface area contributed by atoms with Gasteiger partial charge in [0.2, 0.25) is 0 Å². The number of phenols is 2. The molecule has 4 rings (SSSR count). The van der Waals surface area contributed by atoms with Crippen molar-refractivity contribution in [3.05, 3.63) is 82.9 Å². The molecule has 0 atom stereocenters. The normalized spacial score (nSPS) is 11.7. The molecule has 0 bridgehead atoms. The summed E-state index contributed by atoms with van der Waals surface area (Å²) in [6.07, 6.45) is 0. The minimum atomic E-state index is -4.86. The lowest BCUT2D eigenvalue weighted by molar-refractivity contribution is -0.384. The van der Waals surface area contributed by atoms with Gasteiger partial charge in [-0.25, -0.2) is 0 Å². The van der Waals surface area contributed by atoms with Gasteiger partial charge in [-0.15, -0.1) is 10.2 Å². The molecule has 0 spiro atoms. The molecule has 0 aliphatic carbocycles. The number of hydrogen-bond acceptors (Lipinski definition) is 9. The molecule has 0 aliphatic rings. The molecule has 0 saturated heterocycles. The molecule has 0 aromatic heterocycles. The number of fused-ring (bicyclic) bond motifs is 1. The van der Waals surface area contributed by atoms with Crippen LogP contribution in [0.15, 0.2) is 87.9 Å². The van der Waals surface area contributed by atoms with Crippen LogP contribution in [-0.4, -0.2) is 28.1 Å². The van der Waals surface area contributed by atoms with Gasteiger partial charge in [-0.3, -0.25) is 14.7 Å². The van der Waals surface area contributed by atoms with E-state index in [2.05, 4.69) is 15.5 Å². The molecular formula is C22H16N4O7S. The summed E-state index contributed by atoms with van der Waals surface area (Å²) in [5, 5.41) is 42.6. The Hall–Kier alpha value is -4.55. The van der Waals surface area contributed by atoms with E-state index < -0.39 is 37.1 Å². The second-order valence-corrected chi connectivity index (χ2v) is 8.49. The number of nitrogens with one attached hydrogen (secondary N) is 1. The van der Waals surface area contributed by atoms with E-state index in [0.717, 1.165) is 30.0 Å². The quantitative estimate of drug-likeness (QED) is 0.120. The number of phenolic OH excluding ortho intramolecular Hbond substituents is 2. The highest BCUT2D eigenvalue weighted by molar-refractivity contribution is 7.86. The third-order valence-corrected chi connectivity index (χ3v) is 5.69. The molecule has 0 amide bonds. The third kappa shape index (κ3) is 4.62. The summed E-state index contributed by atoms with van der Waals surface area (Å²) < 4.78 is 33.8. The molecule has 4 aromatic rings. The average Bonchev–Trinajstić information content (AvgIpc) is 2.79. The molecule has 34 heavy (non-hydrogen) atoms. The van der Waals surface area contributed by atoms with Gasteiger partial charge in [-0.05, 0) is 47.9 Å². The number of anilines is 2. The summed E-state index contributed by atoms with van der Waals surface area (Å²) >= 11 is 0. The van der Waals surface area contributed by atoms with Crippen LogP contribution in [0, 0.1) is 10.1 Å². The van der Waals surface area contributed by atoms with Crippen LogP contribution in [0.3, 0.4) is 0 Å². The summed E-state index contributed by atoms with van der Waals surface area (Å²) in [5.41, 5.74) is 0.0588. The van der Waals surface area contributed by atoms with Gasteiger partial charge in [-0.2, -0.15) is 8.42 Å². The molecule has 0 aliphatic heterocycles. The van der Waals surface area contributed by atoms with Crippen LogP contribution in [0.25, 0.3) is 10.8 Å². The van der Waals surface area contributed by atoms with Crippen molar-refractivity contribution in [3.8, 4) is 11.5 Å². The highest BCUT2D eigenvalue weighted by Crippen LogP contribution is 2.43. The van der Waals surface area contributed by atoms with Crippen molar-refractivity contribution in [2.75, 3.05) is 5.32 Å². The Kier molecular flexibility index (Phi) is 5.84. The van der Waals surface area contributed by atoms with Crippen molar-refractivity contribution in [3.63, 3.8) is 0 Å². The summed E-state index contributed by atoms with van der Waals surface area (Å²) in [7, 11) is -4.86. The van der Waals surface area contributed by atoms with Crippen LogP contribution in [0.1, 0.15) is 0 Å². The number of aromatic hydroxyl groups is 2. The predicted molar refractivity (Wildman–Crippen MR) is 124 cm³/mol. The maximum atomic E-state index is 12.0. The number of rotatable bonds is 6. The zero-order valence-corrected chi connectivity index (χ0v) is 18.0. The number of nitrogens with zero attached hydrogens (tertiary/aromatic N) is 3. The SMILES string of the molecule is O=[N+]([O-])c1ccc(O)c(N=Nc2c(S(=O)(=O)O)cc3cc(Nc4ccccc4)ccc3c2O)c1. The lowest BCUT2D eigenvalue weighted by atomic mass is 10.1. The number of non-ortho nitro benzene ring substituents is 1. The van der Waals surface area contributed by atoms with E-state index in [1.54, 1.807) is 12.1 Å². The monoisotopic (exact) mass is 480 g/mol. The molecule has 4 aromatic carbocycles. The fourth-order valence-corrected chi connectivity index (χ4v) is 3.88. The van der Waals surface area contributed by atoms with E-state index in [9.17, 15) is 33.3 Å². The number of benzene rings is 4. The van der Waals surface area contributed by atoms with Crippen molar-refractivity contribution >= 4 is 49.3 Å². The molecule has 0 heterocycles. The zero-order valence-electron chi connectivity index (χ0n) is 17.2. The zero-order chi connectivity index (χ0) is 24.5. The number of azo groups is 1. The Morgan fingerprint density at radius 1 is 0.882 bits per heavy atom. The number of nitro benzene ring substituents is 1. The summed E-state index contributed by atoms with van der Waals surface area (Å²) in [6.45, 7) is 0. The first-order chi connectivity index (χ1) is 16.1. The van der Waals surface area contributed by atoms with Crippen LogP contribution in [-0.2, 0) is 10.1 Å². The number of hydrogen-bond donors (Lipinski definition) is 4. The largest absolute Gasteiger partial charge is 0.506 e. The molecule has 0 fully saturated rings. The molecule has 11 nitrogen and oxygen atoms in total. The Balaban J connectivity index is 1.83. The molecule has 12 heteroatoms. The van der Waals surface area contributed by atoms with Crippen molar-refractivity contribution in [1.82, 2.24) is 0 Å². The van der Waals surface area contributed by atoms with E-state index >= 15 is 0 Å². The maximum absolute atomic E-state index is 12.0. The van der Waals surface area contributed by atoms with Gasteiger partial charge in [0.1, 0.15) is 22.0 Å². The Bertz CT molecular complexity index is 1560. The Labute approximate surface area is 192 Å². The van der Waals surface area contributed by atoms with Gasteiger partial charge in [0.05, 0.1) is 4.92 Å². The molecule has 0 saturated carbocycles. The topological polar surface area (TPSA) is 175 Å². The van der Waals surface area contributed by atoms with Crippen LogP contribution in [0.5, 0.6) is 11.5 Å². The smallest absolute Gasteiger partial charge is 0.296 e. The molecule has 4 N–H and O–H groups in total. The second-order valence-electron chi connectivity index (χ2n) is 7.10. The summed E-state index contributed by atoms with van der Waals surface area (Å²) in [6, 6.07) is 18.0. The van der Waals surface area contributed by atoms with Gasteiger partial charge >= 0.3 is 0 Å². The van der Waals surface area contributed by atoms with Crippen LogP contribution in [0.2, 0.25) is 0 Å².